The van der Waals surface area contributed by atoms with Gasteiger partial charge in [0.2, 0.25) is 0 Å². The van der Waals surface area contributed by atoms with Gasteiger partial charge in [0.15, 0.2) is 0 Å². The van der Waals surface area contributed by atoms with Crippen molar-refractivity contribution in [1.29, 1.82) is 0 Å². The zero-order valence-electron chi connectivity index (χ0n) is 40.3. The highest BCUT2D eigenvalue weighted by atomic mass is 15.2. The van der Waals surface area contributed by atoms with Gasteiger partial charge in [-0.2, -0.15) is 0 Å². The fraction of sp³-hybridized carbons (Fsp3) is 0.0294. The SMILES string of the molecule is Cc1ccc(N(c2ccc(C)cc2)c2cc3c4c(c2)N(c2cccc(-c5ccccc5)c2)c2cc(-c5ccccc5)ccc2B4c2ccc(-c4ccccc4)cc2N3c2cccc(-c3ccccc3)c2)cc1. The summed E-state index contributed by atoms with van der Waals surface area (Å²) in [5.74, 6) is 0. The molecule has 4 heteroatoms. The van der Waals surface area contributed by atoms with E-state index < -0.39 is 0 Å². The molecule has 0 aliphatic carbocycles. The second kappa shape index (κ2) is 18.0. The first kappa shape index (κ1) is 42.9. The van der Waals surface area contributed by atoms with Crippen LogP contribution >= 0.6 is 0 Å². The zero-order chi connectivity index (χ0) is 48.1. The number of fused-ring (bicyclic) bond motifs is 4. The van der Waals surface area contributed by atoms with Crippen LogP contribution in [0.25, 0.3) is 44.5 Å². The molecule has 2 heterocycles. The van der Waals surface area contributed by atoms with Crippen LogP contribution in [0.1, 0.15) is 11.1 Å². The summed E-state index contributed by atoms with van der Waals surface area (Å²) >= 11 is 0. The topological polar surface area (TPSA) is 9.72 Å². The fourth-order valence-electron chi connectivity index (χ4n) is 11.0. The Morgan fingerprint density at radius 1 is 0.278 bits per heavy atom. The number of anilines is 9. The minimum atomic E-state index is -0.0852. The molecule has 0 saturated heterocycles. The van der Waals surface area contributed by atoms with E-state index in [0.717, 1.165) is 51.2 Å². The second-order valence-corrected chi connectivity index (χ2v) is 19.1. The molecular formula is C68H50BN3. The van der Waals surface area contributed by atoms with Crippen LogP contribution in [-0.2, 0) is 0 Å². The van der Waals surface area contributed by atoms with Gasteiger partial charge >= 0.3 is 0 Å². The second-order valence-electron chi connectivity index (χ2n) is 19.1. The first-order valence-corrected chi connectivity index (χ1v) is 24.9. The highest BCUT2D eigenvalue weighted by molar-refractivity contribution is 7.00. The molecule has 0 bridgehead atoms. The first-order chi connectivity index (χ1) is 35.5. The Hall–Kier alpha value is -9.12. The van der Waals surface area contributed by atoms with E-state index in [1.165, 1.54) is 72.0 Å². The Balaban J connectivity index is 1.15. The molecule has 11 aromatic carbocycles. The van der Waals surface area contributed by atoms with Crippen LogP contribution in [0, 0.1) is 13.8 Å². The van der Waals surface area contributed by atoms with E-state index in [-0.39, 0.29) is 6.71 Å². The van der Waals surface area contributed by atoms with Crippen molar-refractivity contribution in [2.75, 3.05) is 14.7 Å². The van der Waals surface area contributed by atoms with Crippen molar-refractivity contribution >= 4 is 74.3 Å². The molecule has 11 aromatic rings. The van der Waals surface area contributed by atoms with Gasteiger partial charge in [-0.1, -0.05) is 205 Å². The lowest BCUT2D eigenvalue weighted by Gasteiger charge is -2.45. The van der Waals surface area contributed by atoms with Gasteiger partial charge in [0.25, 0.3) is 6.71 Å². The minimum absolute atomic E-state index is 0.0852. The number of nitrogens with zero attached hydrogens (tertiary/aromatic N) is 3. The molecule has 0 aromatic heterocycles. The molecule has 0 spiro atoms. The van der Waals surface area contributed by atoms with Gasteiger partial charge in [0.1, 0.15) is 0 Å². The summed E-state index contributed by atoms with van der Waals surface area (Å²) in [6.45, 7) is 4.24. The molecule has 0 unspecified atom stereocenters. The van der Waals surface area contributed by atoms with E-state index in [4.69, 9.17) is 0 Å². The van der Waals surface area contributed by atoms with Gasteiger partial charge in [0.05, 0.1) is 5.69 Å². The van der Waals surface area contributed by atoms with Crippen LogP contribution in [0.4, 0.5) is 51.2 Å². The minimum Gasteiger partial charge on any atom is -0.311 e. The largest absolute Gasteiger partial charge is 0.311 e. The van der Waals surface area contributed by atoms with E-state index in [1.807, 2.05) is 0 Å². The van der Waals surface area contributed by atoms with Crippen LogP contribution in [0.3, 0.4) is 0 Å². The lowest BCUT2D eigenvalue weighted by molar-refractivity contribution is 1.22. The van der Waals surface area contributed by atoms with Gasteiger partial charge in [-0.05, 0) is 148 Å². The standard InChI is InChI=1S/C68H50BN3/c1-47-29-35-57(36-30-47)70(58-37-31-48(2)32-38-58)61-45-66-68-67(46-61)72(60-28-16-26-54(42-60)50-19-9-4-10-20-50)65-44-56(52-23-13-6-14-24-52)34-40-63(65)69(68)62-39-33-55(51-21-11-5-12-22-51)43-64(62)71(66)59-27-15-25-53(41-59)49-17-7-3-8-18-49/h3-46H,1-2H3. The zero-order valence-corrected chi connectivity index (χ0v) is 40.3. The third-order valence-electron chi connectivity index (χ3n) is 14.5. The summed E-state index contributed by atoms with van der Waals surface area (Å²) < 4.78 is 0. The Bertz CT molecular complexity index is 3520. The number of aryl methyl sites for hydroxylation is 2. The highest BCUT2D eigenvalue weighted by Gasteiger charge is 2.44. The van der Waals surface area contributed by atoms with Crippen molar-refractivity contribution in [3.8, 4) is 44.5 Å². The Kier molecular flexibility index (Phi) is 10.7. The Labute approximate surface area is 423 Å². The van der Waals surface area contributed by atoms with Crippen molar-refractivity contribution in [3.05, 3.63) is 278 Å². The van der Waals surface area contributed by atoms with Crippen LogP contribution in [0.2, 0.25) is 0 Å². The van der Waals surface area contributed by atoms with E-state index in [1.54, 1.807) is 0 Å². The molecule has 0 fully saturated rings. The van der Waals surface area contributed by atoms with Crippen molar-refractivity contribution in [2.45, 2.75) is 13.8 Å². The van der Waals surface area contributed by atoms with Gasteiger partial charge in [-0.3, -0.25) is 0 Å². The van der Waals surface area contributed by atoms with Crippen LogP contribution in [0.5, 0.6) is 0 Å². The molecule has 0 N–H and O–H groups in total. The van der Waals surface area contributed by atoms with Gasteiger partial charge in [-0.15, -0.1) is 0 Å². The molecular weight excluding hydrogens is 870 g/mol. The fourth-order valence-corrected chi connectivity index (χ4v) is 11.0. The van der Waals surface area contributed by atoms with Crippen LogP contribution in [-0.4, -0.2) is 6.71 Å². The number of rotatable bonds is 9. The average molecular weight is 920 g/mol. The monoisotopic (exact) mass is 919 g/mol. The molecule has 2 aliphatic heterocycles. The summed E-state index contributed by atoms with van der Waals surface area (Å²) in [6, 6.07) is 98.5. The first-order valence-electron chi connectivity index (χ1n) is 24.9. The average Bonchev–Trinajstić information content (AvgIpc) is 3.44. The van der Waals surface area contributed by atoms with Crippen molar-refractivity contribution in [2.24, 2.45) is 0 Å². The molecule has 340 valence electrons. The highest BCUT2D eigenvalue weighted by Crippen LogP contribution is 2.50. The summed E-state index contributed by atoms with van der Waals surface area (Å²) in [5.41, 5.74) is 25.7. The predicted octanol–water partition coefficient (Wildman–Crippen LogP) is 16.5. The number of hydrogen-bond acceptors (Lipinski definition) is 3. The normalized spacial score (nSPS) is 12.2. The molecule has 13 rings (SSSR count). The maximum atomic E-state index is 2.55. The van der Waals surface area contributed by atoms with Crippen molar-refractivity contribution < 1.29 is 0 Å². The van der Waals surface area contributed by atoms with Crippen LogP contribution in [0.15, 0.2) is 267 Å². The predicted molar refractivity (Wildman–Crippen MR) is 306 cm³/mol. The molecule has 0 amide bonds. The van der Waals surface area contributed by atoms with Crippen molar-refractivity contribution in [1.82, 2.24) is 0 Å². The van der Waals surface area contributed by atoms with E-state index >= 15 is 0 Å². The summed E-state index contributed by atoms with van der Waals surface area (Å²) in [7, 11) is 0. The third-order valence-corrected chi connectivity index (χ3v) is 14.5. The van der Waals surface area contributed by atoms with Gasteiger partial charge in [0, 0.05) is 45.5 Å². The van der Waals surface area contributed by atoms with Crippen molar-refractivity contribution in [3.63, 3.8) is 0 Å². The molecule has 2 aliphatic rings. The molecule has 0 radical (unpaired) electrons. The Morgan fingerprint density at radius 3 is 1.00 bits per heavy atom. The maximum Gasteiger partial charge on any atom is 0.252 e. The third kappa shape index (κ3) is 7.66. The summed E-state index contributed by atoms with van der Waals surface area (Å²) in [5, 5.41) is 0. The molecule has 0 saturated carbocycles. The smallest absolute Gasteiger partial charge is 0.252 e. The lowest BCUT2D eigenvalue weighted by atomic mass is 9.33. The maximum absolute atomic E-state index is 2.55. The van der Waals surface area contributed by atoms with Crippen LogP contribution < -0.4 is 31.1 Å². The van der Waals surface area contributed by atoms with E-state index in [9.17, 15) is 0 Å². The molecule has 72 heavy (non-hydrogen) atoms. The number of hydrogen-bond donors (Lipinski definition) is 0. The Morgan fingerprint density at radius 2 is 0.625 bits per heavy atom. The lowest BCUT2D eigenvalue weighted by Crippen LogP contribution is -2.61. The molecule has 3 nitrogen and oxygen atoms in total. The summed E-state index contributed by atoms with van der Waals surface area (Å²) in [6.07, 6.45) is 0. The van der Waals surface area contributed by atoms with Gasteiger partial charge in [-0.25, -0.2) is 0 Å². The van der Waals surface area contributed by atoms with E-state index in [0.29, 0.717) is 0 Å². The molecule has 0 atom stereocenters. The summed E-state index contributed by atoms with van der Waals surface area (Å²) in [4.78, 5) is 7.54. The van der Waals surface area contributed by atoms with Gasteiger partial charge < -0.3 is 14.7 Å². The quantitative estimate of drug-likeness (QED) is 0.134. The van der Waals surface area contributed by atoms with E-state index in [2.05, 4.69) is 295 Å². The number of benzene rings is 11.